The third kappa shape index (κ3) is 5.31. The van der Waals surface area contributed by atoms with Gasteiger partial charge in [-0.3, -0.25) is 4.79 Å². The lowest BCUT2D eigenvalue weighted by atomic mass is 9.91. The molecule has 0 radical (unpaired) electrons. The lowest BCUT2D eigenvalue weighted by Crippen LogP contribution is -2.31. The van der Waals surface area contributed by atoms with Crippen molar-refractivity contribution in [3.8, 4) is 17.2 Å². The molecule has 1 aliphatic rings. The third-order valence-electron chi connectivity index (χ3n) is 6.66. The molecule has 0 spiro atoms. The third-order valence-corrected chi connectivity index (χ3v) is 6.66. The minimum Gasteiger partial charge on any atom is -0.497 e. The first kappa shape index (κ1) is 25.8. The molecule has 0 saturated carbocycles. The van der Waals surface area contributed by atoms with Gasteiger partial charge in [-0.05, 0) is 77.6 Å². The highest BCUT2D eigenvalue weighted by Crippen LogP contribution is 2.39. The summed E-state index contributed by atoms with van der Waals surface area (Å²) in [5.41, 5.74) is 5.28. The number of hydrogen-bond acceptors (Lipinski definition) is 6. The molecular weight excluding hydrogens is 470 g/mol. The van der Waals surface area contributed by atoms with Crippen LogP contribution in [0, 0.1) is 0 Å². The van der Waals surface area contributed by atoms with E-state index < -0.39 is 5.97 Å². The van der Waals surface area contributed by atoms with Crippen molar-refractivity contribution in [2.24, 2.45) is 0 Å². The van der Waals surface area contributed by atoms with Crippen molar-refractivity contribution in [1.29, 1.82) is 0 Å². The van der Waals surface area contributed by atoms with Crippen LogP contribution in [0.1, 0.15) is 39.5 Å². The first-order chi connectivity index (χ1) is 17.9. The average molecular weight is 502 g/mol. The molecule has 0 unspecified atom stereocenters. The Balaban J connectivity index is 1.86. The summed E-state index contributed by atoms with van der Waals surface area (Å²) in [4.78, 5) is 28.2. The van der Waals surface area contributed by atoms with Gasteiger partial charge in [0.25, 0.3) is 5.91 Å². The van der Waals surface area contributed by atoms with E-state index in [2.05, 4.69) is 0 Å². The van der Waals surface area contributed by atoms with E-state index in [9.17, 15) is 9.59 Å². The molecule has 1 aliphatic heterocycles. The van der Waals surface area contributed by atoms with Crippen LogP contribution in [0.4, 0.5) is 0 Å². The lowest BCUT2D eigenvalue weighted by molar-refractivity contribution is -0.125. The van der Waals surface area contributed by atoms with E-state index in [1.54, 1.807) is 39.5 Å². The zero-order chi connectivity index (χ0) is 26.5. The van der Waals surface area contributed by atoms with Gasteiger partial charge in [0.1, 0.15) is 5.75 Å². The minimum atomic E-state index is -0.431. The van der Waals surface area contributed by atoms with Gasteiger partial charge in [0.2, 0.25) is 0 Å². The number of hydrogen-bond donors (Lipinski definition) is 0. The molecule has 3 aromatic carbocycles. The van der Waals surface area contributed by atoms with E-state index in [4.69, 9.17) is 18.9 Å². The van der Waals surface area contributed by atoms with E-state index >= 15 is 0 Å². The van der Waals surface area contributed by atoms with Crippen molar-refractivity contribution in [2.45, 2.75) is 19.9 Å². The Kier molecular flexibility index (Phi) is 7.82. The van der Waals surface area contributed by atoms with Gasteiger partial charge in [-0.1, -0.05) is 24.3 Å². The van der Waals surface area contributed by atoms with Gasteiger partial charge in [0.15, 0.2) is 11.5 Å². The molecule has 0 aliphatic carbocycles. The van der Waals surface area contributed by atoms with E-state index in [0.717, 1.165) is 33.6 Å². The fraction of sp³-hybridized carbons (Fsp3) is 0.267. The normalized spacial score (nSPS) is 14.4. The molecule has 0 fully saturated rings. The van der Waals surface area contributed by atoms with Crippen LogP contribution in [-0.4, -0.2) is 51.8 Å². The van der Waals surface area contributed by atoms with Gasteiger partial charge in [-0.15, -0.1) is 0 Å². The molecular formula is C30H31NO6. The largest absolute Gasteiger partial charge is 0.497 e. The maximum Gasteiger partial charge on any atom is 0.337 e. The summed E-state index contributed by atoms with van der Waals surface area (Å²) in [5, 5.41) is 0. The van der Waals surface area contributed by atoms with Crippen LogP contribution in [0.5, 0.6) is 17.2 Å². The van der Waals surface area contributed by atoms with Crippen molar-refractivity contribution >= 4 is 23.0 Å². The molecule has 0 N–H and O–H groups in total. The smallest absolute Gasteiger partial charge is 0.337 e. The van der Waals surface area contributed by atoms with E-state index in [1.165, 1.54) is 7.11 Å². The number of amides is 1. The van der Waals surface area contributed by atoms with Crippen LogP contribution in [0.3, 0.4) is 0 Å². The molecule has 1 heterocycles. The Labute approximate surface area is 217 Å². The summed E-state index contributed by atoms with van der Waals surface area (Å²) < 4.78 is 21.3. The van der Waals surface area contributed by atoms with E-state index in [-0.39, 0.29) is 5.91 Å². The summed E-state index contributed by atoms with van der Waals surface area (Å²) >= 11 is 0. The molecule has 3 aromatic rings. The first-order valence-electron chi connectivity index (χ1n) is 12.0. The van der Waals surface area contributed by atoms with Crippen LogP contribution in [0.15, 0.2) is 60.7 Å². The maximum atomic E-state index is 14.2. The highest BCUT2D eigenvalue weighted by atomic mass is 16.5. The molecule has 0 saturated heterocycles. The number of nitrogens with zero attached hydrogens (tertiary/aromatic N) is 1. The Hall–Kier alpha value is -4.26. The molecule has 1 amide bonds. The molecule has 7 heteroatoms. The quantitative estimate of drug-likeness (QED) is 0.335. The number of ether oxygens (including phenoxy) is 4. The second-order valence-corrected chi connectivity index (χ2v) is 8.76. The second-order valence-electron chi connectivity index (χ2n) is 8.76. The number of rotatable bonds is 7. The zero-order valence-electron chi connectivity index (χ0n) is 21.8. The highest BCUT2D eigenvalue weighted by Gasteiger charge is 2.29. The average Bonchev–Trinajstić information content (AvgIpc) is 3.07. The van der Waals surface area contributed by atoms with Crippen LogP contribution in [0.2, 0.25) is 0 Å². The first-order valence-corrected chi connectivity index (χ1v) is 12.0. The predicted octanol–water partition coefficient (Wildman–Crippen LogP) is 5.01. The Bertz CT molecular complexity index is 1340. The summed E-state index contributed by atoms with van der Waals surface area (Å²) in [5.74, 6) is 1.40. The fourth-order valence-electron chi connectivity index (χ4n) is 4.60. The number of esters is 1. The fourth-order valence-corrected chi connectivity index (χ4v) is 4.60. The monoisotopic (exact) mass is 501 g/mol. The zero-order valence-corrected chi connectivity index (χ0v) is 21.8. The standard InChI is InChI=1S/C30H31NO6/c1-19(21-7-6-8-23(15-21)30(33)37-5)28-25-17-27(36-4)26(35-3)16-22(25)13-14-31(29(28)32)18-20-9-11-24(34-2)12-10-20/h6-12,15-17H,13-14,18H2,1-5H3/b28-19+. The number of benzene rings is 3. The van der Waals surface area contributed by atoms with Crippen LogP contribution in [-0.2, 0) is 22.5 Å². The molecule has 37 heavy (non-hydrogen) atoms. The Morgan fingerprint density at radius 3 is 2.19 bits per heavy atom. The number of carbonyl (C=O) groups is 2. The number of fused-ring (bicyclic) bond motifs is 1. The highest BCUT2D eigenvalue weighted by molar-refractivity contribution is 6.27. The number of carbonyl (C=O) groups excluding carboxylic acids is 2. The summed E-state index contributed by atoms with van der Waals surface area (Å²) in [6.45, 7) is 2.89. The van der Waals surface area contributed by atoms with Gasteiger partial charge in [0, 0.05) is 13.1 Å². The van der Waals surface area contributed by atoms with Crippen molar-refractivity contribution in [1.82, 2.24) is 4.90 Å². The molecule has 4 rings (SSSR count). The van der Waals surface area contributed by atoms with Gasteiger partial charge in [0.05, 0.1) is 39.6 Å². The van der Waals surface area contributed by atoms with Gasteiger partial charge in [-0.25, -0.2) is 4.79 Å². The van der Waals surface area contributed by atoms with Crippen LogP contribution < -0.4 is 14.2 Å². The Morgan fingerprint density at radius 1 is 0.865 bits per heavy atom. The summed E-state index contributed by atoms with van der Waals surface area (Å²) in [6.07, 6.45) is 0.649. The van der Waals surface area contributed by atoms with Crippen LogP contribution >= 0.6 is 0 Å². The van der Waals surface area contributed by atoms with Gasteiger partial charge >= 0.3 is 5.97 Å². The summed E-state index contributed by atoms with van der Waals surface area (Å²) in [7, 11) is 6.15. The topological polar surface area (TPSA) is 74.3 Å². The Morgan fingerprint density at radius 2 is 1.54 bits per heavy atom. The lowest BCUT2D eigenvalue weighted by Gasteiger charge is -2.23. The van der Waals surface area contributed by atoms with Crippen LogP contribution in [0.25, 0.3) is 11.1 Å². The molecule has 0 aromatic heterocycles. The van der Waals surface area contributed by atoms with Gasteiger partial charge < -0.3 is 23.8 Å². The molecule has 7 nitrogen and oxygen atoms in total. The SMILES string of the molecule is COC(=O)c1cccc(/C(C)=C2/C(=O)N(Cc3ccc(OC)cc3)CCc3cc(OC)c(OC)cc32)c1. The van der Waals surface area contributed by atoms with E-state index in [0.29, 0.717) is 42.1 Å². The van der Waals surface area contributed by atoms with Crippen molar-refractivity contribution in [3.05, 3.63) is 88.5 Å². The number of methoxy groups -OCH3 is 4. The number of allylic oxidation sites excluding steroid dienone is 1. The molecule has 0 atom stereocenters. The molecule has 192 valence electrons. The maximum absolute atomic E-state index is 14.2. The second kappa shape index (κ2) is 11.2. The van der Waals surface area contributed by atoms with Crippen molar-refractivity contribution in [2.75, 3.05) is 35.0 Å². The van der Waals surface area contributed by atoms with Gasteiger partial charge in [-0.2, -0.15) is 0 Å². The van der Waals surface area contributed by atoms with Crippen molar-refractivity contribution in [3.63, 3.8) is 0 Å². The van der Waals surface area contributed by atoms with E-state index in [1.807, 2.05) is 54.3 Å². The predicted molar refractivity (Wildman–Crippen MR) is 142 cm³/mol. The minimum absolute atomic E-state index is 0.0947. The summed E-state index contributed by atoms with van der Waals surface area (Å²) in [6, 6.07) is 18.6. The molecule has 0 bridgehead atoms. The van der Waals surface area contributed by atoms with Crippen molar-refractivity contribution < 1.29 is 28.5 Å².